The van der Waals surface area contributed by atoms with Crippen molar-refractivity contribution < 1.29 is 0 Å². The minimum atomic E-state index is 0.966. The third-order valence-electron chi connectivity index (χ3n) is 1.75. The molecule has 0 bridgehead atoms. The van der Waals surface area contributed by atoms with Gasteiger partial charge < -0.3 is 5.32 Å². The van der Waals surface area contributed by atoms with Crippen molar-refractivity contribution in [2.45, 2.75) is 6.42 Å². The lowest BCUT2D eigenvalue weighted by Crippen LogP contribution is -2.07. The molecule has 2 heteroatoms. The van der Waals surface area contributed by atoms with E-state index in [0.717, 1.165) is 24.1 Å². The van der Waals surface area contributed by atoms with Crippen LogP contribution in [0.15, 0.2) is 31.1 Å². The van der Waals surface area contributed by atoms with E-state index in [9.17, 15) is 0 Å². The highest BCUT2D eigenvalue weighted by Gasteiger charge is 1.96. The van der Waals surface area contributed by atoms with Crippen molar-refractivity contribution in [3.63, 3.8) is 0 Å². The smallest absolute Gasteiger partial charge is 0.0342 e. The predicted molar refractivity (Wildman–Crippen MR) is 51.8 cm³/mol. The topological polar surface area (TPSA) is 24.9 Å². The van der Waals surface area contributed by atoms with Crippen LogP contribution in [-0.4, -0.2) is 18.6 Å². The number of aromatic nitrogens is 1. The Bertz CT molecular complexity index is 241. The van der Waals surface area contributed by atoms with Gasteiger partial charge in [0.1, 0.15) is 0 Å². The van der Waals surface area contributed by atoms with E-state index < -0.39 is 0 Å². The minimum absolute atomic E-state index is 0.966. The normalized spacial score (nSPS) is 9.75. The molecule has 64 valence electrons. The number of nitrogens with zero attached hydrogens (tertiary/aromatic N) is 1. The van der Waals surface area contributed by atoms with Gasteiger partial charge in [0.25, 0.3) is 0 Å². The van der Waals surface area contributed by atoms with E-state index in [1.54, 1.807) is 6.20 Å². The molecule has 0 saturated heterocycles. The van der Waals surface area contributed by atoms with Crippen LogP contribution in [0.25, 0.3) is 5.57 Å². The van der Waals surface area contributed by atoms with Crippen molar-refractivity contribution in [1.29, 1.82) is 0 Å². The summed E-state index contributed by atoms with van der Waals surface area (Å²) in [4.78, 5) is 4.03. The van der Waals surface area contributed by atoms with Gasteiger partial charge in [-0.3, -0.25) is 4.98 Å². The molecule has 0 spiro atoms. The largest absolute Gasteiger partial charge is 0.319 e. The molecule has 1 aromatic heterocycles. The van der Waals surface area contributed by atoms with Crippen LogP contribution in [0.4, 0.5) is 0 Å². The van der Waals surface area contributed by atoms with Crippen LogP contribution in [-0.2, 0) is 0 Å². The number of hydrogen-bond acceptors (Lipinski definition) is 2. The summed E-state index contributed by atoms with van der Waals surface area (Å²) in [7, 11) is 1.94. The molecular weight excluding hydrogens is 148 g/mol. The van der Waals surface area contributed by atoms with E-state index in [1.807, 2.05) is 25.4 Å². The van der Waals surface area contributed by atoms with Crippen LogP contribution < -0.4 is 5.32 Å². The van der Waals surface area contributed by atoms with Crippen LogP contribution in [0.5, 0.6) is 0 Å². The summed E-state index contributed by atoms with van der Waals surface area (Å²) < 4.78 is 0. The number of pyridine rings is 1. The Labute approximate surface area is 73.3 Å². The second kappa shape index (κ2) is 4.67. The van der Waals surface area contributed by atoms with Gasteiger partial charge in [-0.15, -0.1) is 0 Å². The standard InChI is InChI=1S/C10H14N2/c1-9(5-7-11-2)10-4-3-6-12-8-10/h3-4,6,8,11H,1,5,7H2,2H3. The Morgan fingerprint density at radius 2 is 2.50 bits per heavy atom. The molecule has 0 aliphatic rings. The van der Waals surface area contributed by atoms with Crippen LogP contribution in [0, 0.1) is 0 Å². The Hall–Kier alpha value is -1.15. The molecule has 0 amide bonds. The van der Waals surface area contributed by atoms with E-state index >= 15 is 0 Å². The maximum atomic E-state index is 4.03. The third kappa shape index (κ3) is 2.47. The molecule has 0 radical (unpaired) electrons. The highest BCUT2D eigenvalue weighted by molar-refractivity contribution is 5.62. The Kier molecular flexibility index (Phi) is 3.48. The fourth-order valence-corrected chi connectivity index (χ4v) is 0.992. The summed E-state index contributed by atoms with van der Waals surface area (Å²) in [6.45, 7) is 4.95. The van der Waals surface area contributed by atoms with Gasteiger partial charge in [-0.25, -0.2) is 0 Å². The van der Waals surface area contributed by atoms with Crippen molar-refractivity contribution in [2.75, 3.05) is 13.6 Å². The lowest BCUT2D eigenvalue weighted by Gasteiger charge is -2.03. The lowest BCUT2D eigenvalue weighted by molar-refractivity contribution is 0.816. The quantitative estimate of drug-likeness (QED) is 0.729. The molecule has 0 aliphatic heterocycles. The lowest BCUT2D eigenvalue weighted by atomic mass is 10.1. The average Bonchev–Trinajstić information content (AvgIpc) is 2.15. The molecule has 1 N–H and O–H groups in total. The fraction of sp³-hybridized carbons (Fsp3) is 0.300. The molecule has 0 unspecified atom stereocenters. The molecule has 0 fully saturated rings. The Morgan fingerprint density at radius 3 is 3.08 bits per heavy atom. The number of nitrogens with one attached hydrogen (secondary N) is 1. The van der Waals surface area contributed by atoms with E-state index in [0.29, 0.717) is 0 Å². The van der Waals surface area contributed by atoms with Gasteiger partial charge in [0.15, 0.2) is 0 Å². The fourth-order valence-electron chi connectivity index (χ4n) is 0.992. The van der Waals surface area contributed by atoms with Crippen molar-refractivity contribution in [3.05, 3.63) is 36.7 Å². The zero-order valence-electron chi connectivity index (χ0n) is 7.38. The number of hydrogen-bond donors (Lipinski definition) is 1. The molecule has 12 heavy (non-hydrogen) atoms. The van der Waals surface area contributed by atoms with Gasteiger partial charge >= 0.3 is 0 Å². The molecular formula is C10H14N2. The summed E-state index contributed by atoms with van der Waals surface area (Å²) in [6, 6.07) is 3.96. The maximum absolute atomic E-state index is 4.03. The van der Waals surface area contributed by atoms with E-state index in [2.05, 4.69) is 16.9 Å². The van der Waals surface area contributed by atoms with Crippen molar-refractivity contribution >= 4 is 5.57 Å². The molecule has 0 aromatic carbocycles. The van der Waals surface area contributed by atoms with Crippen LogP contribution >= 0.6 is 0 Å². The summed E-state index contributed by atoms with van der Waals surface area (Å²) in [5.41, 5.74) is 2.27. The molecule has 1 aromatic rings. The van der Waals surface area contributed by atoms with Crippen molar-refractivity contribution in [2.24, 2.45) is 0 Å². The number of rotatable bonds is 4. The summed E-state index contributed by atoms with van der Waals surface area (Å²) in [5.74, 6) is 0. The Morgan fingerprint density at radius 1 is 1.67 bits per heavy atom. The summed E-state index contributed by atoms with van der Waals surface area (Å²) in [6.07, 6.45) is 4.59. The second-order valence-corrected chi connectivity index (χ2v) is 2.70. The second-order valence-electron chi connectivity index (χ2n) is 2.70. The van der Waals surface area contributed by atoms with Crippen molar-refractivity contribution in [1.82, 2.24) is 10.3 Å². The first-order chi connectivity index (χ1) is 5.84. The predicted octanol–water partition coefficient (Wildman–Crippen LogP) is 1.70. The van der Waals surface area contributed by atoms with E-state index in [1.165, 1.54) is 0 Å². The van der Waals surface area contributed by atoms with Gasteiger partial charge in [-0.1, -0.05) is 12.6 Å². The molecule has 1 rings (SSSR count). The first-order valence-corrected chi connectivity index (χ1v) is 4.07. The Balaban J connectivity index is 2.54. The average molecular weight is 162 g/mol. The monoisotopic (exact) mass is 162 g/mol. The van der Waals surface area contributed by atoms with Gasteiger partial charge in [0.05, 0.1) is 0 Å². The first kappa shape index (κ1) is 8.94. The van der Waals surface area contributed by atoms with Crippen LogP contribution in [0.2, 0.25) is 0 Å². The van der Waals surface area contributed by atoms with Crippen LogP contribution in [0.3, 0.4) is 0 Å². The molecule has 0 saturated carbocycles. The van der Waals surface area contributed by atoms with Crippen molar-refractivity contribution in [3.8, 4) is 0 Å². The maximum Gasteiger partial charge on any atom is 0.0342 e. The SMILES string of the molecule is C=C(CCNC)c1cccnc1. The zero-order valence-corrected chi connectivity index (χ0v) is 7.38. The van der Waals surface area contributed by atoms with Gasteiger partial charge in [-0.05, 0) is 37.2 Å². The van der Waals surface area contributed by atoms with E-state index in [-0.39, 0.29) is 0 Å². The first-order valence-electron chi connectivity index (χ1n) is 4.07. The zero-order chi connectivity index (χ0) is 8.81. The third-order valence-corrected chi connectivity index (χ3v) is 1.75. The highest BCUT2D eigenvalue weighted by atomic mass is 14.8. The van der Waals surface area contributed by atoms with Gasteiger partial charge in [0.2, 0.25) is 0 Å². The minimum Gasteiger partial charge on any atom is -0.319 e. The molecule has 0 atom stereocenters. The van der Waals surface area contributed by atoms with Gasteiger partial charge in [0, 0.05) is 12.4 Å². The molecule has 1 heterocycles. The molecule has 2 nitrogen and oxygen atoms in total. The van der Waals surface area contributed by atoms with Crippen LogP contribution in [0.1, 0.15) is 12.0 Å². The molecule has 0 aliphatic carbocycles. The highest BCUT2D eigenvalue weighted by Crippen LogP contribution is 2.12. The summed E-state index contributed by atoms with van der Waals surface area (Å²) in [5, 5.41) is 3.09. The summed E-state index contributed by atoms with van der Waals surface area (Å²) >= 11 is 0. The van der Waals surface area contributed by atoms with E-state index in [4.69, 9.17) is 0 Å². The van der Waals surface area contributed by atoms with Gasteiger partial charge in [-0.2, -0.15) is 0 Å².